The average molecular weight is 447 g/mol. The summed E-state index contributed by atoms with van der Waals surface area (Å²) in [5.41, 5.74) is 5.32. The van der Waals surface area contributed by atoms with Crippen molar-refractivity contribution in [3.8, 4) is 5.75 Å². The van der Waals surface area contributed by atoms with Gasteiger partial charge >= 0.3 is 5.97 Å². The first kappa shape index (κ1) is 19.5. The van der Waals surface area contributed by atoms with E-state index in [1.165, 1.54) is 18.2 Å². The van der Waals surface area contributed by atoms with Crippen molar-refractivity contribution in [1.82, 2.24) is 0 Å². The van der Waals surface area contributed by atoms with Crippen molar-refractivity contribution in [3.05, 3.63) is 91.4 Å². The van der Waals surface area contributed by atoms with Crippen molar-refractivity contribution in [2.24, 2.45) is 0 Å². The third kappa shape index (κ3) is 3.08. The number of halogens is 3. The summed E-state index contributed by atoms with van der Waals surface area (Å²) in [6.07, 6.45) is 0. The van der Waals surface area contributed by atoms with Crippen molar-refractivity contribution < 1.29 is 19.1 Å². The number of fused-ring (bicyclic) bond motifs is 2. The number of ketones is 2. The molecule has 2 N–H and O–H groups in total. The molecule has 1 aliphatic rings. The van der Waals surface area contributed by atoms with Crippen molar-refractivity contribution >= 4 is 58.0 Å². The third-order valence-electron chi connectivity index (χ3n) is 4.50. The lowest BCUT2D eigenvalue weighted by molar-refractivity contribution is 0.0735. The Morgan fingerprint density at radius 1 is 0.759 bits per heavy atom. The number of benzene rings is 3. The molecule has 0 heterocycles. The Labute approximate surface area is 179 Å². The van der Waals surface area contributed by atoms with E-state index in [2.05, 4.69) is 0 Å². The van der Waals surface area contributed by atoms with Crippen molar-refractivity contribution in [1.29, 1.82) is 0 Å². The first-order valence-corrected chi connectivity index (χ1v) is 9.41. The van der Waals surface area contributed by atoms with Gasteiger partial charge in [-0.25, -0.2) is 4.79 Å². The third-order valence-corrected chi connectivity index (χ3v) is 5.43. The monoisotopic (exact) mass is 445 g/mol. The normalized spacial score (nSPS) is 12.4. The molecule has 0 radical (unpaired) electrons. The first-order valence-electron chi connectivity index (χ1n) is 8.27. The molecule has 3 aromatic carbocycles. The van der Waals surface area contributed by atoms with Gasteiger partial charge in [-0.3, -0.25) is 9.59 Å². The molecular weight excluding hydrogens is 437 g/mol. The maximum Gasteiger partial charge on any atom is 0.345 e. The van der Waals surface area contributed by atoms with Crippen LogP contribution in [0.15, 0.2) is 48.5 Å². The number of hydrogen-bond acceptors (Lipinski definition) is 5. The van der Waals surface area contributed by atoms with E-state index in [1.54, 1.807) is 30.3 Å². The van der Waals surface area contributed by atoms with Crippen molar-refractivity contribution in [2.45, 2.75) is 0 Å². The van der Waals surface area contributed by atoms with Gasteiger partial charge in [-0.2, -0.15) is 0 Å². The van der Waals surface area contributed by atoms with E-state index in [4.69, 9.17) is 45.3 Å². The van der Waals surface area contributed by atoms with Crippen LogP contribution >= 0.6 is 34.8 Å². The Kier molecular flexibility index (Phi) is 4.82. The van der Waals surface area contributed by atoms with E-state index in [1.807, 2.05) is 0 Å². The molecule has 5 nitrogen and oxygen atoms in total. The van der Waals surface area contributed by atoms with E-state index in [-0.39, 0.29) is 54.3 Å². The molecule has 29 heavy (non-hydrogen) atoms. The summed E-state index contributed by atoms with van der Waals surface area (Å²) in [6, 6.07) is 12.3. The molecule has 3 aromatic rings. The van der Waals surface area contributed by atoms with Crippen molar-refractivity contribution in [3.63, 3.8) is 0 Å². The van der Waals surface area contributed by atoms with Gasteiger partial charge in [0.2, 0.25) is 0 Å². The van der Waals surface area contributed by atoms with Gasteiger partial charge in [0.25, 0.3) is 0 Å². The fraction of sp³-hybridized carbons (Fsp3) is 0. The van der Waals surface area contributed by atoms with Crippen LogP contribution in [0.25, 0.3) is 0 Å². The Bertz CT molecular complexity index is 1220. The van der Waals surface area contributed by atoms with Gasteiger partial charge in [0.15, 0.2) is 11.6 Å². The van der Waals surface area contributed by atoms with Gasteiger partial charge in [0.05, 0.1) is 48.6 Å². The number of rotatable bonds is 2. The van der Waals surface area contributed by atoms with Crippen LogP contribution in [0.3, 0.4) is 0 Å². The van der Waals surface area contributed by atoms with E-state index < -0.39 is 17.5 Å². The van der Waals surface area contributed by atoms with Crippen LogP contribution in [0, 0.1) is 0 Å². The highest BCUT2D eigenvalue weighted by molar-refractivity contribution is 6.46. The number of nitrogen functional groups attached to an aromatic ring is 1. The second-order valence-corrected chi connectivity index (χ2v) is 7.43. The maximum atomic E-state index is 13.1. The largest absolute Gasteiger partial charge is 0.423 e. The van der Waals surface area contributed by atoms with Crippen LogP contribution in [0.2, 0.25) is 15.1 Å². The molecule has 1 aliphatic carbocycles. The van der Waals surface area contributed by atoms with Gasteiger partial charge in [0, 0.05) is 0 Å². The van der Waals surface area contributed by atoms with E-state index in [9.17, 15) is 14.4 Å². The first-order chi connectivity index (χ1) is 13.8. The number of carbonyl (C=O) groups excluding carboxylic acids is 3. The number of hydrogen-bond donors (Lipinski definition) is 1. The van der Waals surface area contributed by atoms with Gasteiger partial charge in [-0.05, 0) is 30.3 Å². The van der Waals surface area contributed by atoms with Crippen LogP contribution in [0.5, 0.6) is 5.75 Å². The predicted octanol–water partition coefficient (Wildman–Crippen LogP) is 5.22. The number of nitrogens with two attached hydrogens (primary N) is 1. The van der Waals surface area contributed by atoms with E-state index in [0.717, 1.165) is 0 Å². The smallest absolute Gasteiger partial charge is 0.345 e. The minimum absolute atomic E-state index is 0.0428. The molecule has 8 heteroatoms. The summed E-state index contributed by atoms with van der Waals surface area (Å²) in [5.74, 6) is -1.77. The minimum atomic E-state index is -0.818. The van der Waals surface area contributed by atoms with E-state index in [0.29, 0.717) is 0 Å². The van der Waals surface area contributed by atoms with E-state index >= 15 is 0 Å². The summed E-state index contributed by atoms with van der Waals surface area (Å²) in [4.78, 5) is 38.8. The quantitative estimate of drug-likeness (QED) is 0.259. The highest BCUT2D eigenvalue weighted by atomic mass is 35.5. The summed E-state index contributed by atoms with van der Waals surface area (Å²) in [6.45, 7) is 0. The number of carbonyl (C=O) groups is 3. The lowest BCUT2D eigenvalue weighted by Gasteiger charge is -2.23. The molecule has 4 rings (SSSR count). The molecule has 0 spiro atoms. The van der Waals surface area contributed by atoms with Gasteiger partial charge < -0.3 is 10.5 Å². The lowest BCUT2D eigenvalue weighted by atomic mass is 9.82. The Morgan fingerprint density at radius 3 is 1.86 bits per heavy atom. The van der Waals surface area contributed by atoms with Gasteiger partial charge in [-0.15, -0.1) is 0 Å². The Balaban J connectivity index is 1.89. The van der Waals surface area contributed by atoms with Gasteiger partial charge in [0.1, 0.15) is 5.75 Å². The molecule has 0 saturated heterocycles. The van der Waals surface area contributed by atoms with Crippen LogP contribution in [0.4, 0.5) is 5.69 Å². The fourth-order valence-electron chi connectivity index (χ4n) is 3.19. The standard InChI is InChI=1S/C21H10Cl3NO4/c22-11-6-7-12(23)15-14(11)19(26)16-13(24)8-10(18(25)17(16)20(15)27)21(28)29-9-4-2-1-3-5-9/h1-8H,25H2. The van der Waals surface area contributed by atoms with Crippen LogP contribution in [-0.2, 0) is 0 Å². The molecule has 0 atom stereocenters. The van der Waals surface area contributed by atoms with Crippen LogP contribution < -0.4 is 10.5 Å². The zero-order valence-electron chi connectivity index (χ0n) is 14.5. The predicted molar refractivity (Wildman–Crippen MR) is 111 cm³/mol. The zero-order chi connectivity index (χ0) is 20.9. The molecule has 0 amide bonds. The topological polar surface area (TPSA) is 86.5 Å². The van der Waals surface area contributed by atoms with Crippen LogP contribution in [-0.4, -0.2) is 17.5 Å². The second kappa shape index (κ2) is 7.19. The van der Waals surface area contributed by atoms with Crippen molar-refractivity contribution in [2.75, 3.05) is 5.73 Å². The summed E-state index contributed by atoms with van der Waals surface area (Å²) >= 11 is 18.5. The maximum absolute atomic E-state index is 13.1. The Hall–Kier alpha value is -2.86. The fourth-order valence-corrected chi connectivity index (χ4v) is 3.96. The number of esters is 1. The SMILES string of the molecule is Nc1c(C(=O)Oc2ccccc2)cc(Cl)c2c1C(=O)c1c(Cl)ccc(Cl)c1C2=O. The molecule has 0 fully saturated rings. The lowest BCUT2D eigenvalue weighted by Crippen LogP contribution is -2.25. The molecule has 0 aromatic heterocycles. The zero-order valence-corrected chi connectivity index (χ0v) is 16.7. The molecule has 0 unspecified atom stereocenters. The molecule has 0 bridgehead atoms. The summed E-state index contributed by atoms with van der Waals surface area (Å²) in [5, 5.41) is -0.00829. The summed E-state index contributed by atoms with van der Waals surface area (Å²) in [7, 11) is 0. The molecule has 144 valence electrons. The summed E-state index contributed by atoms with van der Waals surface area (Å²) < 4.78 is 5.28. The number of ether oxygens (including phenoxy) is 1. The second-order valence-electron chi connectivity index (χ2n) is 6.21. The Morgan fingerprint density at radius 2 is 1.28 bits per heavy atom. The minimum Gasteiger partial charge on any atom is -0.423 e. The molecular formula is C21H10Cl3NO4. The highest BCUT2D eigenvalue weighted by Gasteiger charge is 2.38. The van der Waals surface area contributed by atoms with Gasteiger partial charge in [-0.1, -0.05) is 53.0 Å². The van der Waals surface area contributed by atoms with Crippen LogP contribution in [0.1, 0.15) is 42.2 Å². The molecule has 0 saturated carbocycles. The number of para-hydroxylation sites is 1. The molecule has 0 aliphatic heterocycles. The average Bonchev–Trinajstić information content (AvgIpc) is 2.69. The highest BCUT2D eigenvalue weighted by Crippen LogP contribution is 2.41. The number of anilines is 1.